The van der Waals surface area contributed by atoms with Crippen LogP contribution in [0.25, 0.3) is 11.3 Å². The zero-order chi connectivity index (χ0) is 10.8. The van der Waals surface area contributed by atoms with E-state index in [9.17, 15) is 10.0 Å². The highest BCUT2D eigenvalue weighted by Gasteiger charge is 2.12. The van der Waals surface area contributed by atoms with Gasteiger partial charge in [-0.15, -0.1) is 9.94 Å². The number of carbonyl (C=O) groups is 1. The topological polar surface area (TPSA) is 81.1 Å². The lowest BCUT2D eigenvalue weighted by Crippen LogP contribution is -2.12. The van der Waals surface area contributed by atoms with Crippen molar-refractivity contribution in [3.8, 4) is 11.3 Å². The first-order valence-corrected chi connectivity index (χ1v) is 4.33. The summed E-state index contributed by atoms with van der Waals surface area (Å²) in [6.45, 7) is 0. The van der Waals surface area contributed by atoms with Crippen LogP contribution in [0.5, 0.6) is 0 Å². The fourth-order valence-electron chi connectivity index (χ4n) is 1.30. The Morgan fingerprint density at radius 3 is 2.53 bits per heavy atom. The fourth-order valence-corrected chi connectivity index (χ4v) is 1.30. The van der Waals surface area contributed by atoms with Gasteiger partial charge in [-0.3, -0.25) is 4.79 Å². The van der Waals surface area contributed by atoms with Crippen molar-refractivity contribution in [2.45, 2.75) is 0 Å². The van der Waals surface area contributed by atoms with Crippen molar-refractivity contribution >= 4 is 5.91 Å². The third kappa shape index (κ3) is 1.67. The van der Waals surface area contributed by atoms with Gasteiger partial charge in [0.2, 0.25) is 0 Å². The number of amides is 1. The third-order valence-corrected chi connectivity index (χ3v) is 2.01. The monoisotopic (exact) mass is 203 g/mol. The van der Waals surface area contributed by atoms with Crippen LogP contribution in [0.2, 0.25) is 0 Å². The molecule has 0 atom stereocenters. The molecular formula is C10H9N3O2. The summed E-state index contributed by atoms with van der Waals surface area (Å²) < 4.78 is 0. The molecule has 76 valence electrons. The number of hydrogen-bond donors (Lipinski definition) is 2. The molecule has 2 aromatic rings. The normalized spacial score (nSPS) is 10.1. The molecule has 15 heavy (non-hydrogen) atoms. The molecule has 0 aliphatic heterocycles. The zero-order valence-electron chi connectivity index (χ0n) is 7.79. The maximum atomic E-state index is 10.8. The summed E-state index contributed by atoms with van der Waals surface area (Å²) in [6.07, 6.45) is 0. The first-order chi connectivity index (χ1) is 7.18. The van der Waals surface area contributed by atoms with Crippen LogP contribution in [0.4, 0.5) is 0 Å². The molecule has 0 unspecified atom stereocenters. The number of hydrogen-bond acceptors (Lipinski definition) is 3. The Morgan fingerprint density at radius 2 is 2.00 bits per heavy atom. The van der Waals surface area contributed by atoms with Gasteiger partial charge in [0.15, 0.2) is 5.69 Å². The number of nitrogens with zero attached hydrogens (tertiary/aromatic N) is 2. The molecule has 0 aliphatic carbocycles. The van der Waals surface area contributed by atoms with Crippen LogP contribution >= 0.6 is 0 Å². The molecule has 0 fully saturated rings. The number of benzene rings is 1. The molecule has 1 aromatic heterocycles. The predicted octanol–water partition coefficient (Wildman–Crippen LogP) is 0.886. The molecule has 0 saturated heterocycles. The number of carbonyl (C=O) groups excluding carboxylic acids is 1. The quantitative estimate of drug-likeness (QED) is 0.711. The van der Waals surface area contributed by atoms with Gasteiger partial charge in [0.05, 0.1) is 0 Å². The minimum atomic E-state index is -0.667. The maximum Gasteiger partial charge on any atom is 0.269 e. The first-order valence-electron chi connectivity index (χ1n) is 4.33. The minimum Gasteiger partial charge on any atom is -0.411 e. The van der Waals surface area contributed by atoms with Gasteiger partial charge in [-0.2, -0.15) is 0 Å². The first kappa shape index (κ1) is 9.26. The average molecular weight is 203 g/mol. The lowest BCUT2D eigenvalue weighted by molar-refractivity contribution is 0.0982. The summed E-state index contributed by atoms with van der Waals surface area (Å²) in [6, 6.07) is 10.6. The van der Waals surface area contributed by atoms with E-state index in [-0.39, 0.29) is 5.69 Å². The van der Waals surface area contributed by atoms with Crippen molar-refractivity contribution in [2.24, 2.45) is 5.73 Å². The smallest absolute Gasteiger partial charge is 0.269 e. The predicted molar refractivity (Wildman–Crippen MR) is 53.4 cm³/mol. The maximum absolute atomic E-state index is 10.8. The second-order valence-corrected chi connectivity index (χ2v) is 3.03. The fraction of sp³-hybridized carbons (Fsp3) is 0. The van der Waals surface area contributed by atoms with Gasteiger partial charge >= 0.3 is 0 Å². The average Bonchev–Trinajstić information content (AvgIpc) is 2.62. The van der Waals surface area contributed by atoms with E-state index in [1.165, 1.54) is 6.07 Å². The molecule has 5 heteroatoms. The van der Waals surface area contributed by atoms with Gasteiger partial charge in [-0.1, -0.05) is 30.3 Å². The van der Waals surface area contributed by atoms with Crippen molar-refractivity contribution in [3.63, 3.8) is 0 Å². The molecule has 0 saturated carbocycles. The largest absolute Gasteiger partial charge is 0.411 e. The van der Waals surface area contributed by atoms with Crippen molar-refractivity contribution in [1.82, 2.24) is 9.94 Å². The van der Waals surface area contributed by atoms with E-state index in [0.717, 1.165) is 5.56 Å². The highest BCUT2D eigenvalue weighted by Crippen LogP contribution is 2.18. The van der Waals surface area contributed by atoms with E-state index in [1.807, 2.05) is 18.2 Å². The van der Waals surface area contributed by atoms with E-state index >= 15 is 0 Å². The van der Waals surface area contributed by atoms with Crippen LogP contribution in [0, 0.1) is 0 Å². The Labute approximate surface area is 85.7 Å². The Bertz CT molecular complexity index is 491. The Morgan fingerprint density at radius 1 is 1.33 bits per heavy atom. The summed E-state index contributed by atoms with van der Waals surface area (Å²) in [5, 5.41) is 13.0. The Balaban J connectivity index is 2.50. The Kier molecular flexibility index (Phi) is 2.13. The molecule has 0 radical (unpaired) electrons. The minimum absolute atomic E-state index is 0.0383. The molecule has 3 N–H and O–H groups in total. The molecule has 0 bridgehead atoms. The number of primary amides is 1. The molecular weight excluding hydrogens is 194 g/mol. The number of rotatable bonds is 2. The van der Waals surface area contributed by atoms with E-state index in [4.69, 9.17) is 5.73 Å². The summed E-state index contributed by atoms with van der Waals surface area (Å²) in [5.74, 6) is -0.667. The van der Waals surface area contributed by atoms with Crippen molar-refractivity contribution in [3.05, 3.63) is 42.1 Å². The second-order valence-electron chi connectivity index (χ2n) is 3.03. The van der Waals surface area contributed by atoms with Gasteiger partial charge in [0, 0.05) is 11.6 Å². The molecule has 1 amide bonds. The van der Waals surface area contributed by atoms with Crippen molar-refractivity contribution in [2.75, 3.05) is 0 Å². The molecule has 1 aromatic carbocycles. The lowest BCUT2D eigenvalue weighted by Gasteiger charge is -1.98. The van der Waals surface area contributed by atoms with Crippen molar-refractivity contribution < 1.29 is 10.0 Å². The van der Waals surface area contributed by atoms with Gasteiger partial charge in [0.25, 0.3) is 5.91 Å². The van der Waals surface area contributed by atoms with Gasteiger partial charge in [-0.25, -0.2) is 0 Å². The highest BCUT2D eigenvalue weighted by molar-refractivity contribution is 5.91. The molecule has 2 rings (SSSR count). The van der Waals surface area contributed by atoms with E-state index in [0.29, 0.717) is 10.5 Å². The van der Waals surface area contributed by atoms with Crippen LogP contribution in [0.15, 0.2) is 36.4 Å². The Hall–Kier alpha value is -2.30. The van der Waals surface area contributed by atoms with E-state index in [2.05, 4.69) is 5.10 Å². The lowest BCUT2D eigenvalue weighted by atomic mass is 10.1. The van der Waals surface area contributed by atoms with Gasteiger partial charge in [-0.05, 0) is 0 Å². The molecule has 1 heterocycles. The van der Waals surface area contributed by atoms with Gasteiger partial charge in [0.1, 0.15) is 5.69 Å². The standard InChI is InChI=1S/C10H9N3O2/c11-10(14)8-6-9(13(15)12-8)7-4-2-1-3-5-7/h1-6,15H,(H2,11,14). The number of nitrogens with two attached hydrogens (primary N) is 1. The SMILES string of the molecule is NC(=O)c1cc(-c2ccccc2)n(O)n1. The second kappa shape index (κ2) is 3.45. The molecule has 0 spiro atoms. The van der Waals surface area contributed by atoms with Crippen LogP contribution < -0.4 is 5.73 Å². The summed E-state index contributed by atoms with van der Waals surface area (Å²) in [4.78, 5) is 11.5. The third-order valence-electron chi connectivity index (χ3n) is 2.01. The highest BCUT2D eigenvalue weighted by atomic mass is 16.5. The number of aromatic nitrogens is 2. The van der Waals surface area contributed by atoms with E-state index in [1.54, 1.807) is 12.1 Å². The molecule has 0 aliphatic rings. The van der Waals surface area contributed by atoms with Crippen LogP contribution in [-0.4, -0.2) is 21.1 Å². The van der Waals surface area contributed by atoms with Crippen LogP contribution in [-0.2, 0) is 0 Å². The summed E-state index contributed by atoms with van der Waals surface area (Å²) >= 11 is 0. The molecule has 5 nitrogen and oxygen atoms in total. The van der Waals surface area contributed by atoms with Gasteiger partial charge < -0.3 is 10.9 Å². The zero-order valence-corrected chi connectivity index (χ0v) is 7.79. The summed E-state index contributed by atoms with van der Waals surface area (Å²) in [5.41, 5.74) is 6.28. The summed E-state index contributed by atoms with van der Waals surface area (Å²) in [7, 11) is 0. The van der Waals surface area contributed by atoms with Crippen LogP contribution in [0.3, 0.4) is 0 Å². The van der Waals surface area contributed by atoms with Crippen molar-refractivity contribution in [1.29, 1.82) is 0 Å². The van der Waals surface area contributed by atoms with E-state index < -0.39 is 5.91 Å². The van der Waals surface area contributed by atoms with Crippen LogP contribution in [0.1, 0.15) is 10.5 Å².